The van der Waals surface area contributed by atoms with E-state index in [1.165, 1.54) is 4.90 Å². The fourth-order valence-electron chi connectivity index (χ4n) is 8.48. The van der Waals surface area contributed by atoms with Crippen molar-refractivity contribution in [1.29, 1.82) is 0 Å². The molecule has 0 radical (unpaired) electrons. The van der Waals surface area contributed by atoms with Gasteiger partial charge in [-0.25, -0.2) is 13.4 Å². The van der Waals surface area contributed by atoms with E-state index in [-0.39, 0.29) is 62.0 Å². The van der Waals surface area contributed by atoms with Gasteiger partial charge in [0.05, 0.1) is 23.5 Å². The quantitative estimate of drug-likeness (QED) is 0.298. The van der Waals surface area contributed by atoms with E-state index < -0.39 is 62.4 Å². The number of nitrogens with one attached hydrogen (secondary N) is 2. The van der Waals surface area contributed by atoms with Crippen LogP contribution in [0.2, 0.25) is 0 Å². The van der Waals surface area contributed by atoms with Crippen molar-refractivity contribution in [2.24, 2.45) is 23.7 Å². The van der Waals surface area contributed by atoms with Crippen LogP contribution in [0.25, 0.3) is 11.3 Å². The number of esters is 1. The normalized spacial score (nSPS) is 28.9. The zero-order chi connectivity index (χ0) is 39.1. The molecule has 294 valence electrons. The van der Waals surface area contributed by atoms with Gasteiger partial charge in [-0.05, 0) is 71.4 Å². The van der Waals surface area contributed by atoms with E-state index in [1.807, 2.05) is 49.4 Å². The van der Waals surface area contributed by atoms with Crippen molar-refractivity contribution >= 4 is 39.6 Å². The molecule has 4 fully saturated rings. The van der Waals surface area contributed by atoms with E-state index in [4.69, 9.17) is 4.74 Å². The number of pyridine rings is 1. The molecule has 14 heteroatoms. The van der Waals surface area contributed by atoms with Crippen LogP contribution in [-0.2, 0) is 33.9 Å². The summed E-state index contributed by atoms with van der Waals surface area (Å²) in [5, 5.41) is 2.31. The third-order valence-corrected chi connectivity index (χ3v) is 13.5. The van der Waals surface area contributed by atoms with E-state index in [2.05, 4.69) is 15.0 Å². The Kier molecular flexibility index (Phi) is 10.9. The van der Waals surface area contributed by atoms with Crippen LogP contribution in [0.4, 0.5) is 0 Å². The highest BCUT2D eigenvalue weighted by Gasteiger charge is 2.63. The molecule has 2 saturated carbocycles. The highest BCUT2D eigenvalue weighted by atomic mass is 32.2. The zero-order valence-corrected chi connectivity index (χ0v) is 32.6. The molecule has 0 bridgehead atoms. The molecule has 7 rings (SSSR count). The van der Waals surface area contributed by atoms with Crippen molar-refractivity contribution in [1.82, 2.24) is 24.8 Å². The average molecular weight is 774 g/mol. The first kappa shape index (κ1) is 38.7. The third kappa shape index (κ3) is 8.34. The van der Waals surface area contributed by atoms with E-state index in [0.717, 1.165) is 24.0 Å². The van der Waals surface area contributed by atoms with Crippen LogP contribution in [-0.4, -0.2) is 95.4 Å². The van der Waals surface area contributed by atoms with Crippen LogP contribution in [0.15, 0.2) is 54.6 Å². The minimum atomic E-state index is -3.90. The molecule has 55 heavy (non-hydrogen) atoms. The van der Waals surface area contributed by atoms with Crippen LogP contribution in [0.3, 0.4) is 0 Å². The van der Waals surface area contributed by atoms with Gasteiger partial charge in [-0.2, -0.15) is 0 Å². The van der Waals surface area contributed by atoms with E-state index in [1.54, 1.807) is 30.9 Å². The van der Waals surface area contributed by atoms with E-state index >= 15 is 0 Å². The van der Waals surface area contributed by atoms with Gasteiger partial charge in [-0.3, -0.25) is 28.7 Å². The number of carbonyl (C=O) groups excluding carboxylic acids is 5. The van der Waals surface area contributed by atoms with Gasteiger partial charge in [0.2, 0.25) is 21.8 Å². The van der Waals surface area contributed by atoms with Gasteiger partial charge < -0.3 is 19.9 Å². The van der Waals surface area contributed by atoms with Gasteiger partial charge in [-0.15, -0.1) is 0 Å². The van der Waals surface area contributed by atoms with Gasteiger partial charge in [0.25, 0.3) is 11.8 Å². The zero-order valence-electron chi connectivity index (χ0n) is 31.7. The molecule has 13 nitrogen and oxygen atoms in total. The molecule has 3 aliphatic heterocycles. The Morgan fingerprint density at radius 3 is 2.49 bits per heavy atom. The monoisotopic (exact) mass is 773 g/mol. The minimum Gasteiger partial charge on any atom is -0.463 e. The van der Waals surface area contributed by atoms with Crippen molar-refractivity contribution in [3.8, 4) is 11.3 Å². The van der Waals surface area contributed by atoms with Crippen LogP contribution in [0, 0.1) is 30.6 Å². The summed E-state index contributed by atoms with van der Waals surface area (Å²) in [4.78, 5) is 77.8. The first-order valence-electron chi connectivity index (χ1n) is 19.6. The maximum Gasteiger partial charge on any atom is 0.306 e. The number of hydrogen-bond donors (Lipinski definition) is 2. The number of carbonyl (C=O) groups is 5. The highest BCUT2D eigenvalue weighted by Crippen LogP contribution is 2.47. The Morgan fingerprint density at radius 2 is 1.76 bits per heavy atom. The third-order valence-electron chi connectivity index (χ3n) is 11.7. The van der Waals surface area contributed by atoms with Crippen molar-refractivity contribution in [3.05, 3.63) is 65.9 Å². The Morgan fingerprint density at radius 1 is 1.00 bits per heavy atom. The Balaban J connectivity index is 1.17. The smallest absolute Gasteiger partial charge is 0.306 e. The molecule has 4 heterocycles. The molecule has 0 spiro atoms. The number of hydrogen-bond acceptors (Lipinski definition) is 9. The van der Waals surface area contributed by atoms with Gasteiger partial charge >= 0.3 is 5.97 Å². The van der Waals surface area contributed by atoms with Crippen LogP contribution in [0.1, 0.15) is 87.7 Å². The second kappa shape index (κ2) is 15.5. The van der Waals surface area contributed by atoms with Gasteiger partial charge in [0.1, 0.15) is 17.3 Å². The van der Waals surface area contributed by atoms with Gasteiger partial charge in [0, 0.05) is 48.9 Å². The molecule has 6 atom stereocenters. The van der Waals surface area contributed by atoms with Crippen LogP contribution >= 0.6 is 0 Å². The molecule has 1 aromatic carbocycles. The maximum absolute atomic E-state index is 14.7. The fourth-order valence-corrected chi connectivity index (χ4v) is 9.85. The number of aryl methyl sites for hydroxylation is 1. The largest absolute Gasteiger partial charge is 0.463 e. The number of sulfonamides is 1. The second-order valence-corrected chi connectivity index (χ2v) is 18.3. The van der Waals surface area contributed by atoms with Crippen molar-refractivity contribution in [3.63, 3.8) is 0 Å². The number of allylic oxidation sites excluding steroid dienone is 1. The lowest BCUT2D eigenvalue weighted by atomic mass is 9.92. The summed E-state index contributed by atoms with van der Waals surface area (Å²) in [6, 6.07) is 12.1. The number of fused-ring (bicyclic) bond motifs is 4. The predicted molar refractivity (Wildman–Crippen MR) is 203 cm³/mol. The number of amides is 4. The summed E-state index contributed by atoms with van der Waals surface area (Å²) in [7, 11) is -3.90. The lowest BCUT2D eigenvalue weighted by Crippen LogP contribution is -2.58. The van der Waals surface area contributed by atoms with Crippen LogP contribution < -0.4 is 10.0 Å². The first-order chi connectivity index (χ1) is 26.3. The molecule has 2 N–H and O–H groups in total. The number of benzene rings is 1. The van der Waals surface area contributed by atoms with Gasteiger partial charge in [-0.1, -0.05) is 60.9 Å². The summed E-state index contributed by atoms with van der Waals surface area (Å²) in [5.74, 6) is -4.36. The SMILES string of the molecule is Cc1ccc(-c2cccc(C(=O)N3C[C@H]4CN5C(=O)[C@@H](CC(=O)OC(C)C)CCCCC/C=C\[C@@H]6C[C@@]6(C(=O)NS(=O)(=O)C6CC6)NC(=O)[C@@H]5[C@H]4C3)n2)cc1. The van der Waals surface area contributed by atoms with Crippen LogP contribution in [0.5, 0.6) is 0 Å². The minimum absolute atomic E-state index is 0.127. The Hall–Kier alpha value is -4.59. The van der Waals surface area contributed by atoms with Gasteiger partial charge in [0.15, 0.2) is 0 Å². The number of aromatic nitrogens is 1. The first-order valence-corrected chi connectivity index (χ1v) is 21.2. The highest BCUT2D eigenvalue weighted by molar-refractivity contribution is 7.91. The number of nitrogens with zero attached hydrogens (tertiary/aromatic N) is 3. The summed E-state index contributed by atoms with van der Waals surface area (Å²) < 4.78 is 33.5. The molecule has 4 amide bonds. The number of ether oxygens (including phenoxy) is 1. The predicted octanol–water partition coefficient (Wildman–Crippen LogP) is 3.92. The molecule has 2 aliphatic carbocycles. The molecular formula is C41H51N5O8S. The summed E-state index contributed by atoms with van der Waals surface area (Å²) in [6.07, 6.45) is 8.01. The lowest BCUT2D eigenvalue weighted by molar-refractivity contribution is -0.153. The topological polar surface area (TPSA) is 172 Å². The molecule has 2 saturated heterocycles. The van der Waals surface area contributed by atoms with Crippen molar-refractivity contribution < 1.29 is 37.1 Å². The fraction of sp³-hybridized carbons (Fsp3) is 0.561. The van der Waals surface area contributed by atoms with Crippen molar-refractivity contribution in [2.45, 2.75) is 101 Å². The molecule has 0 unspecified atom stereocenters. The molecule has 5 aliphatic rings. The standard InChI is InChI=1S/C41H51N5O8S/c1-25(2)54-35(47)20-28-10-7-5-4-6-8-11-30-21-41(30,40(51)44-55(52,53)31-18-19-31)43-37(48)36-32-24-45(22-29(32)23-46(36)38(28)49)39(50)34-13-9-12-33(42-34)27-16-14-26(3)15-17-27/h8-9,11-17,25,28-32,36H,4-7,10,18-24H2,1-3H3,(H,43,48)(H,44,51)/b11-8-/t28-,29+,30-,32+,36+,41-/m1/s1. The number of likely N-dealkylation sites (tertiary alicyclic amines) is 1. The summed E-state index contributed by atoms with van der Waals surface area (Å²) in [5.41, 5.74) is 1.40. The second-order valence-electron chi connectivity index (χ2n) is 16.3. The Bertz CT molecular complexity index is 1980. The van der Waals surface area contributed by atoms with E-state index in [9.17, 15) is 32.4 Å². The van der Waals surface area contributed by atoms with E-state index in [0.29, 0.717) is 37.8 Å². The molecular weight excluding hydrogens is 723 g/mol. The Labute approximate surface area is 322 Å². The van der Waals surface area contributed by atoms with Crippen molar-refractivity contribution in [2.75, 3.05) is 19.6 Å². The maximum atomic E-state index is 14.7. The molecule has 1 aromatic heterocycles. The lowest BCUT2D eigenvalue weighted by Gasteiger charge is -2.32. The number of rotatable bonds is 8. The summed E-state index contributed by atoms with van der Waals surface area (Å²) >= 11 is 0. The average Bonchev–Trinajstić information content (AvgIpc) is 4.04. The molecule has 2 aromatic rings. The summed E-state index contributed by atoms with van der Waals surface area (Å²) in [6.45, 7) is 6.12.